The molecular weight excluding hydrogens is 535 g/mol. The van der Waals surface area contributed by atoms with Crippen LogP contribution in [0.5, 0.6) is 0 Å². The van der Waals surface area contributed by atoms with Gasteiger partial charge in [-0.25, -0.2) is 9.98 Å². The van der Waals surface area contributed by atoms with Crippen molar-refractivity contribution in [3.63, 3.8) is 0 Å². The van der Waals surface area contributed by atoms with E-state index in [9.17, 15) is 5.11 Å². The highest BCUT2D eigenvalue weighted by atomic mass is 127. The summed E-state index contributed by atoms with van der Waals surface area (Å²) in [6, 6.07) is 19.1. The van der Waals surface area contributed by atoms with Gasteiger partial charge >= 0.3 is 0 Å². The van der Waals surface area contributed by atoms with E-state index < -0.39 is 6.10 Å². The summed E-state index contributed by atoms with van der Waals surface area (Å²) >= 11 is -0.0484. The maximum Gasteiger partial charge on any atom is 0.139 e. The number of alkyl halides is 1. The molecule has 1 unspecified atom stereocenters. The highest BCUT2D eigenvalue weighted by Gasteiger charge is 2.22. The maximum absolute atomic E-state index is 11.1. The molecule has 0 radical (unpaired) electrons. The van der Waals surface area contributed by atoms with Crippen LogP contribution in [0.3, 0.4) is 0 Å². The van der Waals surface area contributed by atoms with E-state index in [2.05, 4.69) is 77.5 Å². The van der Waals surface area contributed by atoms with E-state index in [-0.39, 0.29) is 20.7 Å². The van der Waals surface area contributed by atoms with Crippen molar-refractivity contribution in [2.24, 2.45) is 4.99 Å². The molecule has 6 heteroatoms. The number of pyridine rings is 1. The molecule has 0 amide bonds. The number of aromatic nitrogens is 2. The van der Waals surface area contributed by atoms with Gasteiger partial charge in [-0.15, -0.1) is 0 Å². The van der Waals surface area contributed by atoms with Crippen molar-refractivity contribution in [3.8, 4) is 22.4 Å². The lowest BCUT2D eigenvalue weighted by atomic mass is 9.93. The van der Waals surface area contributed by atoms with E-state index in [0.717, 1.165) is 33.4 Å². The molecule has 1 aliphatic rings. The van der Waals surface area contributed by atoms with E-state index >= 15 is 0 Å². The molecule has 1 N–H and O–H groups in total. The first-order chi connectivity index (χ1) is 16.5. The molecule has 5 rings (SSSR count). The summed E-state index contributed by atoms with van der Waals surface area (Å²) in [5, 5.41) is 11.1. The van der Waals surface area contributed by atoms with Gasteiger partial charge in [0.25, 0.3) is 0 Å². The van der Waals surface area contributed by atoms with Gasteiger partial charge in [0.05, 0.1) is 20.1 Å². The molecule has 174 valence electrons. The zero-order valence-electron chi connectivity index (χ0n) is 20.0. The molecule has 3 heterocycles. The topological polar surface area (TPSA) is 53.1 Å². The normalized spacial score (nSPS) is 14.7. The number of likely N-dealkylation sites (N-methyl/N-ethyl adjacent to an activating group) is 1. The number of benzene rings is 2. The molecule has 0 bridgehead atoms. The number of aryl methyl sites for hydroxylation is 3. The summed E-state index contributed by atoms with van der Waals surface area (Å²) < 4.78 is 5.11. The zero-order chi connectivity index (χ0) is 23.8. The van der Waals surface area contributed by atoms with Crippen molar-refractivity contribution in [3.05, 3.63) is 83.2 Å². The first-order valence-corrected chi connectivity index (χ1v) is 14.3. The van der Waals surface area contributed by atoms with Gasteiger partial charge in [0.15, 0.2) is 0 Å². The average Bonchev–Trinajstić information content (AvgIpc) is 3.21. The molecule has 2 aromatic carbocycles. The Morgan fingerprint density at radius 2 is 1.82 bits per heavy atom. The lowest BCUT2D eigenvalue weighted by molar-refractivity contribution is 0.232. The Labute approximate surface area is 210 Å². The highest BCUT2D eigenvalue weighted by molar-refractivity contribution is 14.2. The SMILES string of the molecule is CCc1c(-c2ccccc2-c2ccc(C)cc2C)nc2cc(C(O)C3=NC=ICN3C)ccn12. The first kappa shape index (κ1) is 22.9. The first-order valence-electron chi connectivity index (χ1n) is 11.5. The number of rotatable bonds is 5. The van der Waals surface area contributed by atoms with Gasteiger partial charge in [0.2, 0.25) is 0 Å². The Hall–Kier alpha value is -2.84. The van der Waals surface area contributed by atoms with Gasteiger partial charge in [-0.3, -0.25) is 0 Å². The lowest BCUT2D eigenvalue weighted by Crippen LogP contribution is -2.32. The summed E-state index contributed by atoms with van der Waals surface area (Å²) in [6.07, 6.45) is 2.12. The standard InChI is InChI=1S/C28H29IN4O/c1-5-24-26(23-9-7-6-8-22(23)21-11-10-18(2)14-19(21)3)31-25-15-20(12-13-33(24)25)27(34)28-30-16-29-17-32(28)4/h6-16,27,34H,5,17H2,1-4H3. The van der Waals surface area contributed by atoms with Crippen LogP contribution >= 0.6 is 20.7 Å². The summed E-state index contributed by atoms with van der Waals surface area (Å²) in [5.41, 5.74) is 9.89. The number of aliphatic hydroxyl groups excluding tert-OH is 1. The van der Waals surface area contributed by atoms with E-state index in [0.29, 0.717) is 5.84 Å². The Morgan fingerprint density at radius 3 is 2.56 bits per heavy atom. The number of nitrogens with zero attached hydrogens (tertiary/aromatic N) is 4. The zero-order valence-corrected chi connectivity index (χ0v) is 22.1. The number of aliphatic imine (C=N–C) groups is 1. The number of amidine groups is 1. The average molecular weight is 564 g/mol. The van der Waals surface area contributed by atoms with Crippen molar-refractivity contribution >= 4 is 36.3 Å². The number of halogens is 1. The smallest absolute Gasteiger partial charge is 0.139 e. The minimum Gasteiger partial charge on any atom is -0.380 e. The van der Waals surface area contributed by atoms with Crippen LogP contribution in [0.4, 0.5) is 0 Å². The lowest BCUT2D eigenvalue weighted by Gasteiger charge is -2.25. The number of hydrogen-bond donors (Lipinski definition) is 1. The van der Waals surface area contributed by atoms with E-state index in [4.69, 9.17) is 4.98 Å². The second-order valence-corrected chi connectivity index (χ2v) is 10.9. The Bertz CT molecular complexity index is 1440. The summed E-state index contributed by atoms with van der Waals surface area (Å²) in [4.78, 5) is 11.7. The Kier molecular flexibility index (Phi) is 6.36. The molecular formula is C28H29IN4O. The van der Waals surface area contributed by atoms with Gasteiger partial charge in [-0.2, -0.15) is 0 Å². The van der Waals surface area contributed by atoms with Crippen molar-refractivity contribution in [1.29, 1.82) is 0 Å². The van der Waals surface area contributed by atoms with Crippen LogP contribution in [0.25, 0.3) is 28.0 Å². The van der Waals surface area contributed by atoms with Crippen LogP contribution in [0, 0.1) is 13.8 Å². The molecule has 1 aliphatic heterocycles. The molecule has 0 fully saturated rings. The number of hydrogen-bond acceptors (Lipinski definition) is 4. The second-order valence-electron chi connectivity index (χ2n) is 8.77. The maximum atomic E-state index is 11.1. The van der Waals surface area contributed by atoms with Gasteiger partial charge in [0, 0.05) is 18.8 Å². The van der Waals surface area contributed by atoms with Gasteiger partial charge in [-0.1, -0.05) is 75.7 Å². The third-order valence-electron chi connectivity index (χ3n) is 6.39. The fourth-order valence-electron chi connectivity index (χ4n) is 4.68. The van der Waals surface area contributed by atoms with Gasteiger partial charge in [-0.05, 0) is 54.7 Å². The third kappa shape index (κ3) is 4.09. The van der Waals surface area contributed by atoms with Crippen LogP contribution in [-0.2, 0) is 6.42 Å². The number of imidazole rings is 1. The van der Waals surface area contributed by atoms with Crippen molar-refractivity contribution in [2.45, 2.75) is 33.3 Å². The quantitative estimate of drug-likeness (QED) is 0.186. The van der Waals surface area contributed by atoms with E-state index in [1.165, 1.54) is 27.9 Å². The summed E-state index contributed by atoms with van der Waals surface area (Å²) in [5.74, 6) is 0.706. The number of fused-ring (bicyclic) bond motifs is 1. The van der Waals surface area contributed by atoms with Crippen molar-refractivity contribution in [2.75, 3.05) is 11.6 Å². The van der Waals surface area contributed by atoms with Crippen LogP contribution in [0.2, 0.25) is 0 Å². The van der Waals surface area contributed by atoms with E-state index in [1.807, 2.05) is 29.5 Å². The monoisotopic (exact) mass is 564 g/mol. The second kappa shape index (κ2) is 9.43. The summed E-state index contributed by atoms with van der Waals surface area (Å²) in [7, 11) is 2.00. The highest BCUT2D eigenvalue weighted by Crippen LogP contribution is 2.36. The molecule has 0 spiro atoms. The minimum atomic E-state index is -0.761. The third-order valence-corrected chi connectivity index (χ3v) is 8.48. The van der Waals surface area contributed by atoms with Crippen molar-refractivity contribution in [1.82, 2.24) is 14.3 Å². The molecule has 0 aliphatic carbocycles. The largest absolute Gasteiger partial charge is 0.380 e. The van der Waals surface area contributed by atoms with Crippen LogP contribution in [0.1, 0.15) is 35.4 Å². The predicted molar refractivity (Wildman–Crippen MR) is 150 cm³/mol. The Balaban J connectivity index is 1.63. The fourth-order valence-corrected chi connectivity index (χ4v) is 6.28. The molecule has 1 atom stereocenters. The summed E-state index contributed by atoms with van der Waals surface area (Å²) in [6.45, 7) is 6.46. The molecule has 0 saturated heterocycles. The van der Waals surface area contributed by atoms with Crippen molar-refractivity contribution < 1.29 is 5.11 Å². The van der Waals surface area contributed by atoms with Gasteiger partial charge < -0.3 is 14.4 Å². The molecule has 4 aromatic rings. The Morgan fingerprint density at radius 1 is 1.03 bits per heavy atom. The molecule has 5 nitrogen and oxygen atoms in total. The van der Waals surface area contributed by atoms with Crippen LogP contribution < -0.4 is 0 Å². The molecule has 34 heavy (non-hydrogen) atoms. The number of aliphatic hydroxyl groups is 1. The minimum absolute atomic E-state index is 0.0484. The van der Waals surface area contributed by atoms with E-state index in [1.54, 1.807) is 0 Å². The fraction of sp³-hybridized carbons (Fsp3) is 0.250. The van der Waals surface area contributed by atoms with Crippen LogP contribution in [-0.4, -0.2) is 41.0 Å². The molecule has 0 saturated carbocycles. The predicted octanol–water partition coefficient (Wildman–Crippen LogP) is 5.91. The molecule has 2 aromatic heterocycles. The van der Waals surface area contributed by atoms with Crippen LogP contribution in [0.15, 0.2) is 65.8 Å². The van der Waals surface area contributed by atoms with Gasteiger partial charge in [0.1, 0.15) is 17.6 Å².